The predicted molar refractivity (Wildman–Crippen MR) is 74.7 cm³/mol. The van der Waals surface area contributed by atoms with Crippen molar-refractivity contribution in [3.63, 3.8) is 0 Å². The first kappa shape index (κ1) is 12.0. The summed E-state index contributed by atoms with van der Waals surface area (Å²) in [6.07, 6.45) is 5.99. The topological polar surface area (TPSA) is 30.2 Å². The molecule has 1 atom stereocenters. The van der Waals surface area contributed by atoms with E-state index in [1.54, 1.807) is 6.26 Å². The van der Waals surface area contributed by atoms with Gasteiger partial charge in [-0.1, -0.05) is 30.3 Å². The first-order valence-corrected chi connectivity index (χ1v) is 6.65. The Morgan fingerprint density at radius 2 is 1.95 bits per heavy atom. The number of hydrogen-bond donors (Lipinski definition) is 0. The molecule has 1 saturated carbocycles. The maximum Gasteiger partial charge on any atom is 0.158 e. The number of allylic oxidation sites excluding steroid dienone is 1. The zero-order valence-electron chi connectivity index (χ0n) is 10.7. The van der Waals surface area contributed by atoms with Gasteiger partial charge >= 0.3 is 0 Å². The first-order valence-electron chi connectivity index (χ1n) is 6.65. The van der Waals surface area contributed by atoms with Gasteiger partial charge in [-0.3, -0.25) is 4.79 Å². The fourth-order valence-electron chi connectivity index (χ4n) is 2.60. The highest BCUT2D eigenvalue weighted by Crippen LogP contribution is 2.35. The number of ketones is 1. The molecule has 1 aliphatic rings. The predicted octanol–water partition coefficient (Wildman–Crippen LogP) is 4.20. The molecule has 19 heavy (non-hydrogen) atoms. The molecule has 2 nitrogen and oxygen atoms in total. The largest absolute Gasteiger partial charge is 0.469 e. The van der Waals surface area contributed by atoms with Crippen LogP contribution in [0.5, 0.6) is 0 Å². The minimum absolute atomic E-state index is 0.270. The van der Waals surface area contributed by atoms with Gasteiger partial charge in [-0.2, -0.15) is 0 Å². The Hall–Kier alpha value is -2.09. The van der Waals surface area contributed by atoms with Crippen molar-refractivity contribution >= 4 is 11.9 Å². The Morgan fingerprint density at radius 3 is 2.68 bits per heavy atom. The second-order valence-electron chi connectivity index (χ2n) is 4.96. The lowest BCUT2D eigenvalue weighted by atomic mass is 9.82. The Bertz CT molecular complexity index is 579. The SMILES string of the molecule is O=C1CCC(c2ccco2)C/C1=C/c1ccccc1. The van der Waals surface area contributed by atoms with Gasteiger partial charge in [-0.05, 0) is 42.2 Å². The van der Waals surface area contributed by atoms with E-state index in [2.05, 4.69) is 0 Å². The minimum Gasteiger partial charge on any atom is -0.469 e. The molecule has 2 aromatic rings. The second kappa shape index (κ2) is 5.27. The van der Waals surface area contributed by atoms with Crippen LogP contribution in [-0.4, -0.2) is 5.78 Å². The number of Topliss-reactive ketones (excluding diaryl/α,β-unsaturated/α-hetero) is 1. The van der Waals surface area contributed by atoms with Gasteiger partial charge in [0.1, 0.15) is 5.76 Å². The molecule has 96 valence electrons. The van der Waals surface area contributed by atoms with E-state index in [0.717, 1.165) is 29.7 Å². The molecule has 1 aromatic carbocycles. The van der Waals surface area contributed by atoms with Crippen LogP contribution < -0.4 is 0 Å². The molecule has 0 saturated heterocycles. The quantitative estimate of drug-likeness (QED) is 0.750. The summed E-state index contributed by atoms with van der Waals surface area (Å²) in [7, 11) is 0. The fourth-order valence-corrected chi connectivity index (χ4v) is 2.60. The molecule has 1 aromatic heterocycles. The zero-order valence-corrected chi connectivity index (χ0v) is 10.7. The summed E-state index contributed by atoms with van der Waals surface area (Å²) in [4.78, 5) is 12.0. The van der Waals surface area contributed by atoms with Crippen LogP contribution in [0.25, 0.3) is 6.08 Å². The lowest BCUT2D eigenvalue weighted by Gasteiger charge is -2.21. The lowest BCUT2D eigenvalue weighted by molar-refractivity contribution is -0.116. The van der Waals surface area contributed by atoms with Crippen molar-refractivity contribution in [3.05, 3.63) is 65.6 Å². The summed E-state index contributed by atoms with van der Waals surface area (Å²) < 4.78 is 5.47. The Morgan fingerprint density at radius 1 is 1.11 bits per heavy atom. The van der Waals surface area contributed by atoms with Crippen LogP contribution in [0.2, 0.25) is 0 Å². The average molecular weight is 252 g/mol. The van der Waals surface area contributed by atoms with E-state index in [1.807, 2.05) is 48.5 Å². The molecule has 0 N–H and O–H groups in total. The molecule has 0 aliphatic heterocycles. The fraction of sp³-hybridized carbons (Fsp3) is 0.235. The number of furan rings is 1. The molecule has 0 amide bonds. The van der Waals surface area contributed by atoms with Gasteiger partial charge in [0, 0.05) is 12.3 Å². The lowest BCUT2D eigenvalue weighted by Crippen LogP contribution is -2.15. The standard InChI is InChI=1S/C17H16O2/c18-16-9-8-14(17-7-4-10-19-17)12-15(16)11-13-5-2-1-3-6-13/h1-7,10-11,14H,8-9,12H2/b15-11-. The van der Waals surface area contributed by atoms with Crippen LogP contribution in [0.3, 0.4) is 0 Å². The summed E-state index contributed by atoms with van der Waals surface area (Å²) in [6.45, 7) is 0. The summed E-state index contributed by atoms with van der Waals surface area (Å²) in [5.41, 5.74) is 2.00. The number of rotatable bonds is 2. The third-order valence-electron chi connectivity index (χ3n) is 3.63. The smallest absolute Gasteiger partial charge is 0.158 e. The molecule has 2 heteroatoms. The Balaban J connectivity index is 1.84. The van der Waals surface area contributed by atoms with Crippen molar-refractivity contribution in [2.24, 2.45) is 0 Å². The van der Waals surface area contributed by atoms with Gasteiger partial charge in [0.25, 0.3) is 0 Å². The van der Waals surface area contributed by atoms with Crippen LogP contribution in [0, 0.1) is 0 Å². The van der Waals surface area contributed by atoms with Gasteiger partial charge in [0.15, 0.2) is 5.78 Å². The van der Waals surface area contributed by atoms with E-state index in [9.17, 15) is 4.79 Å². The highest BCUT2D eigenvalue weighted by Gasteiger charge is 2.26. The van der Waals surface area contributed by atoms with Crippen molar-refractivity contribution in [3.8, 4) is 0 Å². The summed E-state index contributed by atoms with van der Waals surface area (Å²) in [6, 6.07) is 13.9. The Labute approximate surface area is 112 Å². The maximum absolute atomic E-state index is 12.0. The van der Waals surface area contributed by atoms with Crippen molar-refractivity contribution < 1.29 is 9.21 Å². The zero-order chi connectivity index (χ0) is 13.1. The minimum atomic E-state index is 0.270. The maximum atomic E-state index is 12.0. The first-order chi connectivity index (χ1) is 9.33. The van der Waals surface area contributed by atoms with E-state index in [1.165, 1.54) is 0 Å². The van der Waals surface area contributed by atoms with Crippen molar-refractivity contribution in [1.29, 1.82) is 0 Å². The normalized spacial score (nSPS) is 21.8. The van der Waals surface area contributed by atoms with Gasteiger partial charge < -0.3 is 4.42 Å². The van der Waals surface area contributed by atoms with Crippen LogP contribution in [-0.2, 0) is 4.79 Å². The number of carbonyl (C=O) groups is 1. The van der Waals surface area contributed by atoms with Gasteiger partial charge in [0.2, 0.25) is 0 Å². The third kappa shape index (κ3) is 2.68. The molecule has 0 radical (unpaired) electrons. The van der Waals surface area contributed by atoms with Crippen LogP contribution in [0.4, 0.5) is 0 Å². The number of carbonyl (C=O) groups excluding carboxylic acids is 1. The van der Waals surface area contributed by atoms with Gasteiger partial charge in [0.05, 0.1) is 6.26 Å². The molecule has 1 fully saturated rings. The number of benzene rings is 1. The summed E-state index contributed by atoms with van der Waals surface area (Å²) in [5, 5.41) is 0. The third-order valence-corrected chi connectivity index (χ3v) is 3.63. The van der Waals surface area contributed by atoms with E-state index < -0.39 is 0 Å². The second-order valence-corrected chi connectivity index (χ2v) is 4.96. The molecule has 1 aliphatic carbocycles. The van der Waals surface area contributed by atoms with Gasteiger partial charge in [-0.25, -0.2) is 0 Å². The van der Waals surface area contributed by atoms with Crippen LogP contribution in [0.1, 0.15) is 36.5 Å². The summed E-state index contributed by atoms with van der Waals surface area (Å²) >= 11 is 0. The summed E-state index contributed by atoms with van der Waals surface area (Å²) in [5.74, 6) is 1.60. The van der Waals surface area contributed by atoms with E-state index >= 15 is 0 Å². The van der Waals surface area contributed by atoms with Crippen molar-refractivity contribution in [2.75, 3.05) is 0 Å². The molecule has 3 rings (SSSR count). The monoisotopic (exact) mass is 252 g/mol. The molecular formula is C17H16O2. The molecule has 0 bridgehead atoms. The highest BCUT2D eigenvalue weighted by molar-refractivity contribution is 6.00. The Kier molecular flexibility index (Phi) is 3.32. The van der Waals surface area contributed by atoms with E-state index in [0.29, 0.717) is 12.3 Å². The van der Waals surface area contributed by atoms with Crippen LogP contribution in [0.15, 0.2) is 58.7 Å². The number of hydrogen-bond acceptors (Lipinski definition) is 2. The molecule has 0 spiro atoms. The van der Waals surface area contributed by atoms with Crippen molar-refractivity contribution in [2.45, 2.75) is 25.2 Å². The van der Waals surface area contributed by atoms with Gasteiger partial charge in [-0.15, -0.1) is 0 Å². The van der Waals surface area contributed by atoms with Crippen LogP contribution >= 0.6 is 0 Å². The molecule has 1 unspecified atom stereocenters. The molecule has 1 heterocycles. The van der Waals surface area contributed by atoms with Crippen molar-refractivity contribution in [1.82, 2.24) is 0 Å². The van der Waals surface area contributed by atoms with E-state index in [-0.39, 0.29) is 5.78 Å². The average Bonchev–Trinajstić information content (AvgIpc) is 2.96. The highest BCUT2D eigenvalue weighted by atomic mass is 16.3. The molecular weight excluding hydrogens is 236 g/mol. The van der Waals surface area contributed by atoms with E-state index in [4.69, 9.17) is 4.42 Å².